The van der Waals surface area contributed by atoms with Crippen LogP contribution in [0.2, 0.25) is 0 Å². The Labute approximate surface area is 119 Å². The van der Waals surface area contributed by atoms with Crippen LogP contribution in [0, 0.1) is 11.3 Å². The molecule has 2 heterocycles. The third-order valence-electron chi connectivity index (χ3n) is 3.79. The fourth-order valence-corrected chi connectivity index (χ4v) is 2.72. The maximum absolute atomic E-state index is 8.89. The van der Waals surface area contributed by atoms with E-state index in [0.717, 1.165) is 30.9 Å². The number of fused-ring (bicyclic) bond motifs is 1. The van der Waals surface area contributed by atoms with Crippen molar-refractivity contribution < 1.29 is 0 Å². The zero-order valence-corrected chi connectivity index (χ0v) is 11.7. The van der Waals surface area contributed by atoms with Crippen LogP contribution >= 0.6 is 0 Å². The van der Waals surface area contributed by atoms with Crippen molar-refractivity contribution in [2.75, 3.05) is 11.9 Å². The zero-order valence-electron chi connectivity index (χ0n) is 11.7. The molecule has 1 aromatic carbocycles. The Morgan fingerprint density at radius 3 is 2.80 bits per heavy atom. The molecule has 20 heavy (non-hydrogen) atoms. The van der Waals surface area contributed by atoms with Gasteiger partial charge in [-0.3, -0.25) is 0 Å². The van der Waals surface area contributed by atoms with Gasteiger partial charge in [-0.25, -0.2) is 4.68 Å². The lowest BCUT2D eigenvalue weighted by Crippen LogP contribution is -2.07. The van der Waals surface area contributed by atoms with E-state index in [1.807, 2.05) is 28.9 Å². The highest BCUT2D eigenvalue weighted by atomic mass is 15.3. The van der Waals surface area contributed by atoms with Crippen molar-refractivity contribution in [1.82, 2.24) is 9.78 Å². The lowest BCUT2D eigenvalue weighted by Gasteiger charge is -2.09. The van der Waals surface area contributed by atoms with E-state index in [4.69, 9.17) is 10.4 Å². The average molecular weight is 266 g/mol. The van der Waals surface area contributed by atoms with Crippen molar-refractivity contribution in [3.8, 4) is 11.8 Å². The summed E-state index contributed by atoms with van der Waals surface area (Å²) < 4.78 is 1.99. The van der Waals surface area contributed by atoms with E-state index in [1.165, 1.54) is 24.1 Å². The SMILES string of the molecule is CCc1nn(-c2ccc(C#N)cc2)c2c1CCCCN2. The highest BCUT2D eigenvalue weighted by molar-refractivity contribution is 5.55. The summed E-state index contributed by atoms with van der Waals surface area (Å²) in [5.41, 5.74) is 4.22. The standard InChI is InChI=1S/C16H18N4/c1-2-15-14-5-3-4-10-18-16(14)20(19-15)13-8-6-12(11-17)7-9-13/h6-9,18H,2-5,10H2,1H3. The van der Waals surface area contributed by atoms with Gasteiger partial charge >= 0.3 is 0 Å². The lowest BCUT2D eigenvalue weighted by atomic mass is 10.1. The van der Waals surface area contributed by atoms with Crippen LogP contribution in [-0.2, 0) is 12.8 Å². The van der Waals surface area contributed by atoms with Crippen molar-refractivity contribution in [1.29, 1.82) is 5.26 Å². The second-order valence-corrected chi connectivity index (χ2v) is 5.08. The number of anilines is 1. The third-order valence-corrected chi connectivity index (χ3v) is 3.79. The van der Waals surface area contributed by atoms with Crippen molar-refractivity contribution >= 4 is 5.82 Å². The molecule has 0 radical (unpaired) electrons. The zero-order chi connectivity index (χ0) is 13.9. The van der Waals surface area contributed by atoms with Gasteiger partial charge < -0.3 is 5.32 Å². The van der Waals surface area contributed by atoms with Crippen LogP contribution < -0.4 is 5.32 Å². The van der Waals surface area contributed by atoms with E-state index in [0.29, 0.717) is 5.56 Å². The Hall–Kier alpha value is -2.28. The molecule has 4 heteroatoms. The maximum Gasteiger partial charge on any atom is 0.133 e. The van der Waals surface area contributed by atoms with Crippen LogP contribution in [-0.4, -0.2) is 16.3 Å². The van der Waals surface area contributed by atoms with Crippen LogP contribution in [0.4, 0.5) is 5.82 Å². The summed E-state index contributed by atoms with van der Waals surface area (Å²) in [5.74, 6) is 1.13. The van der Waals surface area contributed by atoms with Crippen LogP contribution in [0.5, 0.6) is 0 Å². The van der Waals surface area contributed by atoms with Gasteiger partial charge in [-0.05, 0) is 49.9 Å². The number of rotatable bonds is 2. The minimum Gasteiger partial charge on any atom is -0.370 e. The molecule has 0 saturated carbocycles. The molecule has 0 atom stereocenters. The summed E-state index contributed by atoms with van der Waals surface area (Å²) in [6, 6.07) is 9.74. The number of aryl methyl sites for hydroxylation is 1. The fourth-order valence-electron chi connectivity index (χ4n) is 2.72. The molecule has 1 aliphatic rings. The number of hydrogen-bond donors (Lipinski definition) is 1. The molecule has 0 aliphatic carbocycles. The average Bonchev–Trinajstić information content (AvgIpc) is 2.68. The molecule has 0 bridgehead atoms. The van der Waals surface area contributed by atoms with Gasteiger partial charge in [0.1, 0.15) is 5.82 Å². The normalized spacial score (nSPS) is 14.0. The Balaban J connectivity index is 2.08. The third kappa shape index (κ3) is 2.16. The molecule has 4 nitrogen and oxygen atoms in total. The summed E-state index contributed by atoms with van der Waals surface area (Å²) in [5, 5.41) is 17.1. The highest BCUT2D eigenvalue weighted by Gasteiger charge is 2.19. The molecule has 0 unspecified atom stereocenters. The Morgan fingerprint density at radius 2 is 2.10 bits per heavy atom. The molecular weight excluding hydrogens is 248 g/mol. The molecule has 1 N–H and O–H groups in total. The van der Waals surface area contributed by atoms with E-state index in [9.17, 15) is 0 Å². The Kier molecular flexibility index (Phi) is 3.42. The molecule has 0 saturated heterocycles. The minimum atomic E-state index is 0.677. The summed E-state index contributed by atoms with van der Waals surface area (Å²) in [6.07, 6.45) is 4.46. The van der Waals surface area contributed by atoms with Gasteiger partial charge in [0.15, 0.2) is 0 Å². The lowest BCUT2D eigenvalue weighted by molar-refractivity contribution is 0.765. The van der Waals surface area contributed by atoms with Crippen molar-refractivity contribution in [2.45, 2.75) is 32.6 Å². The van der Waals surface area contributed by atoms with Crippen LogP contribution in [0.25, 0.3) is 5.69 Å². The van der Waals surface area contributed by atoms with Gasteiger partial charge in [-0.1, -0.05) is 6.92 Å². The van der Waals surface area contributed by atoms with E-state index < -0.39 is 0 Å². The van der Waals surface area contributed by atoms with Gasteiger partial charge in [-0.2, -0.15) is 10.4 Å². The highest BCUT2D eigenvalue weighted by Crippen LogP contribution is 2.28. The fraction of sp³-hybridized carbons (Fsp3) is 0.375. The topological polar surface area (TPSA) is 53.6 Å². The molecule has 0 fully saturated rings. The van der Waals surface area contributed by atoms with Gasteiger partial charge in [0.25, 0.3) is 0 Å². The monoisotopic (exact) mass is 266 g/mol. The molecule has 0 spiro atoms. The van der Waals surface area contributed by atoms with Gasteiger partial charge in [0.05, 0.1) is 23.0 Å². The number of aromatic nitrogens is 2. The number of benzene rings is 1. The first-order chi connectivity index (χ1) is 9.83. The number of nitrogens with one attached hydrogen (secondary N) is 1. The van der Waals surface area contributed by atoms with Gasteiger partial charge in [0, 0.05) is 12.1 Å². The van der Waals surface area contributed by atoms with Crippen molar-refractivity contribution in [2.24, 2.45) is 0 Å². The first-order valence-corrected chi connectivity index (χ1v) is 7.18. The molecular formula is C16H18N4. The molecule has 102 valence electrons. The molecule has 1 aliphatic heterocycles. The quantitative estimate of drug-likeness (QED) is 0.909. The molecule has 0 amide bonds. The van der Waals surface area contributed by atoms with Gasteiger partial charge in [-0.15, -0.1) is 0 Å². The van der Waals surface area contributed by atoms with Crippen LogP contribution in [0.1, 0.15) is 36.6 Å². The second-order valence-electron chi connectivity index (χ2n) is 5.08. The Bertz CT molecular complexity index is 646. The predicted molar refractivity (Wildman–Crippen MR) is 79.1 cm³/mol. The van der Waals surface area contributed by atoms with Crippen LogP contribution in [0.15, 0.2) is 24.3 Å². The van der Waals surface area contributed by atoms with E-state index >= 15 is 0 Å². The first-order valence-electron chi connectivity index (χ1n) is 7.18. The van der Waals surface area contributed by atoms with E-state index in [1.54, 1.807) is 0 Å². The van der Waals surface area contributed by atoms with Crippen LogP contribution in [0.3, 0.4) is 0 Å². The number of hydrogen-bond acceptors (Lipinski definition) is 3. The number of nitriles is 1. The summed E-state index contributed by atoms with van der Waals surface area (Å²) in [4.78, 5) is 0. The number of nitrogens with zero attached hydrogens (tertiary/aromatic N) is 3. The largest absolute Gasteiger partial charge is 0.370 e. The van der Waals surface area contributed by atoms with E-state index in [-0.39, 0.29) is 0 Å². The molecule has 1 aromatic heterocycles. The maximum atomic E-state index is 8.89. The summed E-state index contributed by atoms with van der Waals surface area (Å²) in [7, 11) is 0. The summed E-state index contributed by atoms with van der Waals surface area (Å²) >= 11 is 0. The van der Waals surface area contributed by atoms with Crippen molar-refractivity contribution in [3.63, 3.8) is 0 Å². The molecule has 3 rings (SSSR count). The van der Waals surface area contributed by atoms with Gasteiger partial charge in [0.2, 0.25) is 0 Å². The predicted octanol–water partition coefficient (Wildman–Crippen LogP) is 3.05. The molecule has 2 aromatic rings. The van der Waals surface area contributed by atoms with Crippen molar-refractivity contribution in [3.05, 3.63) is 41.1 Å². The minimum absolute atomic E-state index is 0.677. The summed E-state index contributed by atoms with van der Waals surface area (Å²) in [6.45, 7) is 3.15. The smallest absolute Gasteiger partial charge is 0.133 e. The van der Waals surface area contributed by atoms with E-state index in [2.05, 4.69) is 18.3 Å². The first kappa shape index (κ1) is 12.7. The Morgan fingerprint density at radius 1 is 1.30 bits per heavy atom. The second kappa shape index (κ2) is 5.38.